The molecule has 0 heterocycles. The smallest absolute Gasteiger partial charge is 0.0543 e. The van der Waals surface area contributed by atoms with E-state index in [0.29, 0.717) is 5.92 Å². The van der Waals surface area contributed by atoms with E-state index < -0.39 is 0 Å². The Hall–Kier alpha value is -0.820. The molecule has 0 radical (unpaired) electrons. The molecule has 1 rings (SSSR count). The van der Waals surface area contributed by atoms with Gasteiger partial charge in [0.15, 0.2) is 0 Å². The Balaban J connectivity index is 2.26. The first-order valence-electron chi connectivity index (χ1n) is 6.31. The van der Waals surface area contributed by atoms with Gasteiger partial charge in [0.05, 0.1) is 6.10 Å². The third-order valence-electron chi connectivity index (χ3n) is 2.96. The van der Waals surface area contributed by atoms with Crippen LogP contribution in [-0.2, 0) is 6.42 Å². The van der Waals surface area contributed by atoms with Crippen molar-refractivity contribution in [3.63, 3.8) is 0 Å². The minimum absolute atomic E-state index is 0.135. The highest BCUT2D eigenvalue weighted by Crippen LogP contribution is 2.12. The zero-order chi connectivity index (χ0) is 12.0. The van der Waals surface area contributed by atoms with Crippen molar-refractivity contribution in [1.82, 2.24) is 0 Å². The fourth-order valence-corrected chi connectivity index (χ4v) is 1.76. The van der Waals surface area contributed by atoms with E-state index in [-0.39, 0.29) is 6.10 Å². The van der Waals surface area contributed by atoms with Gasteiger partial charge in [0.25, 0.3) is 0 Å². The van der Waals surface area contributed by atoms with E-state index in [1.807, 2.05) is 0 Å². The van der Waals surface area contributed by atoms with Crippen LogP contribution in [0.15, 0.2) is 24.3 Å². The van der Waals surface area contributed by atoms with Crippen molar-refractivity contribution in [3.8, 4) is 0 Å². The van der Waals surface area contributed by atoms with Crippen molar-refractivity contribution < 1.29 is 5.11 Å². The average molecular weight is 220 g/mol. The van der Waals surface area contributed by atoms with Gasteiger partial charge in [0.2, 0.25) is 0 Å². The molecule has 90 valence electrons. The normalized spacial score (nSPS) is 13.1. The van der Waals surface area contributed by atoms with Crippen LogP contribution in [0.5, 0.6) is 0 Å². The number of aliphatic hydroxyl groups excluding tert-OH is 1. The first-order chi connectivity index (χ1) is 7.58. The van der Waals surface area contributed by atoms with Gasteiger partial charge in [0.1, 0.15) is 0 Å². The van der Waals surface area contributed by atoms with E-state index in [1.54, 1.807) is 0 Å². The quantitative estimate of drug-likeness (QED) is 0.774. The topological polar surface area (TPSA) is 20.2 Å². The molecule has 0 fully saturated rings. The van der Waals surface area contributed by atoms with Crippen LogP contribution in [0.3, 0.4) is 0 Å². The largest absolute Gasteiger partial charge is 0.393 e. The molecule has 0 aliphatic rings. The lowest BCUT2D eigenvalue weighted by Crippen LogP contribution is -2.09. The van der Waals surface area contributed by atoms with Crippen LogP contribution >= 0.6 is 0 Å². The van der Waals surface area contributed by atoms with Gasteiger partial charge in [-0.3, -0.25) is 0 Å². The maximum Gasteiger partial charge on any atom is 0.0543 e. The van der Waals surface area contributed by atoms with Gasteiger partial charge in [-0.05, 0) is 44.1 Å². The summed E-state index contributed by atoms with van der Waals surface area (Å²) < 4.78 is 0. The second-order valence-electron chi connectivity index (χ2n) is 5.15. The zero-order valence-corrected chi connectivity index (χ0v) is 10.7. The summed E-state index contributed by atoms with van der Waals surface area (Å²) >= 11 is 0. The highest BCUT2D eigenvalue weighted by molar-refractivity contribution is 5.21. The first-order valence-corrected chi connectivity index (χ1v) is 6.31. The maximum absolute atomic E-state index is 9.81. The number of rotatable bonds is 6. The van der Waals surface area contributed by atoms with E-state index >= 15 is 0 Å². The van der Waals surface area contributed by atoms with Crippen LogP contribution in [0.1, 0.15) is 44.2 Å². The summed E-state index contributed by atoms with van der Waals surface area (Å²) in [5.41, 5.74) is 2.62. The summed E-state index contributed by atoms with van der Waals surface area (Å²) in [6, 6.07) is 8.58. The van der Waals surface area contributed by atoms with Crippen molar-refractivity contribution in [3.05, 3.63) is 35.4 Å². The molecule has 1 nitrogen and oxygen atoms in total. The van der Waals surface area contributed by atoms with E-state index in [9.17, 15) is 5.11 Å². The lowest BCUT2D eigenvalue weighted by molar-refractivity contribution is 0.147. The van der Waals surface area contributed by atoms with Crippen LogP contribution < -0.4 is 0 Å². The van der Waals surface area contributed by atoms with Gasteiger partial charge in [-0.1, -0.05) is 43.7 Å². The minimum atomic E-state index is -0.135. The third kappa shape index (κ3) is 5.32. The molecule has 1 heteroatoms. The predicted molar refractivity (Wildman–Crippen MR) is 69.6 cm³/mol. The Morgan fingerprint density at radius 1 is 1.00 bits per heavy atom. The second kappa shape index (κ2) is 6.70. The maximum atomic E-state index is 9.81. The molecule has 0 spiro atoms. The Labute approximate surface area is 99.5 Å². The van der Waals surface area contributed by atoms with Gasteiger partial charge in [0, 0.05) is 0 Å². The summed E-state index contributed by atoms with van der Waals surface area (Å²) in [6.07, 6.45) is 3.79. The van der Waals surface area contributed by atoms with Crippen LogP contribution in [0, 0.1) is 12.8 Å². The average Bonchev–Trinajstić information content (AvgIpc) is 2.25. The summed E-state index contributed by atoms with van der Waals surface area (Å²) in [5.74, 6) is 0.689. The molecule has 0 aromatic heterocycles. The molecule has 16 heavy (non-hydrogen) atoms. The molecular formula is C15H24O. The summed E-state index contributed by atoms with van der Waals surface area (Å²) in [6.45, 7) is 6.50. The molecule has 1 unspecified atom stereocenters. The summed E-state index contributed by atoms with van der Waals surface area (Å²) in [7, 11) is 0. The molecule has 0 saturated carbocycles. The minimum Gasteiger partial charge on any atom is -0.393 e. The van der Waals surface area contributed by atoms with Crippen molar-refractivity contribution in [2.75, 3.05) is 0 Å². The second-order valence-corrected chi connectivity index (χ2v) is 5.15. The van der Waals surface area contributed by atoms with E-state index in [2.05, 4.69) is 45.0 Å². The van der Waals surface area contributed by atoms with Crippen LogP contribution in [0.4, 0.5) is 0 Å². The SMILES string of the molecule is Cc1ccc(CCC(O)CCC(C)C)cc1. The van der Waals surface area contributed by atoms with Crippen LogP contribution in [0.2, 0.25) is 0 Å². The molecule has 1 aromatic carbocycles. The number of aryl methyl sites for hydroxylation is 2. The predicted octanol–water partition coefficient (Wildman–Crippen LogP) is 3.72. The third-order valence-corrected chi connectivity index (χ3v) is 2.96. The number of hydrogen-bond donors (Lipinski definition) is 1. The van der Waals surface area contributed by atoms with Gasteiger partial charge in [-0.15, -0.1) is 0 Å². The van der Waals surface area contributed by atoms with Crippen molar-refractivity contribution in [2.45, 2.75) is 52.6 Å². The van der Waals surface area contributed by atoms with E-state index in [0.717, 1.165) is 25.7 Å². The molecule has 0 aliphatic carbocycles. The monoisotopic (exact) mass is 220 g/mol. The number of aliphatic hydroxyl groups is 1. The van der Waals surface area contributed by atoms with Gasteiger partial charge >= 0.3 is 0 Å². The Morgan fingerprint density at radius 3 is 2.19 bits per heavy atom. The first kappa shape index (κ1) is 13.2. The fourth-order valence-electron chi connectivity index (χ4n) is 1.76. The molecule has 0 bridgehead atoms. The standard InChI is InChI=1S/C15H24O/c1-12(2)4-10-15(16)11-9-14-7-5-13(3)6-8-14/h5-8,12,15-16H,4,9-11H2,1-3H3. The number of hydrogen-bond acceptors (Lipinski definition) is 1. The molecule has 0 aliphatic heterocycles. The Bertz CT molecular complexity index is 287. The Kier molecular flexibility index (Phi) is 5.54. The highest BCUT2D eigenvalue weighted by atomic mass is 16.3. The van der Waals surface area contributed by atoms with Crippen LogP contribution in [0.25, 0.3) is 0 Å². The van der Waals surface area contributed by atoms with E-state index in [1.165, 1.54) is 11.1 Å². The van der Waals surface area contributed by atoms with Gasteiger partial charge in [-0.25, -0.2) is 0 Å². The van der Waals surface area contributed by atoms with Gasteiger partial charge in [-0.2, -0.15) is 0 Å². The molecule has 1 N–H and O–H groups in total. The molecule has 0 amide bonds. The number of benzene rings is 1. The zero-order valence-electron chi connectivity index (χ0n) is 10.7. The van der Waals surface area contributed by atoms with Crippen molar-refractivity contribution in [1.29, 1.82) is 0 Å². The highest BCUT2D eigenvalue weighted by Gasteiger charge is 2.05. The molecule has 1 aromatic rings. The lowest BCUT2D eigenvalue weighted by Gasteiger charge is -2.12. The molecule has 1 atom stereocenters. The van der Waals surface area contributed by atoms with E-state index in [4.69, 9.17) is 0 Å². The summed E-state index contributed by atoms with van der Waals surface area (Å²) in [4.78, 5) is 0. The summed E-state index contributed by atoms with van der Waals surface area (Å²) in [5, 5.41) is 9.81. The van der Waals surface area contributed by atoms with Crippen LogP contribution in [-0.4, -0.2) is 11.2 Å². The fraction of sp³-hybridized carbons (Fsp3) is 0.600. The molecule has 0 saturated heterocycles. The Morgan fingerprint density at radius 2 is 1.62 bits per heavy atom. The van der Waals surface area contributed by atoms with Crippen molar-refractivity contribution >= 4 is 0 Å². The molecular weight excluding hydrogens is 196 g/mol. The van der Waals surface area contributed by atoms with Crippen molar-refractivity contribution in [2.24, 2.45) is 5.92 Å². The lowest BCUT2D eigenvalue weighted by atomic mass is 10.00. The van der Waals surface area contributed by atoms with Gasteiger partial charge < -0.3 is 5.11 Å².